The summed E-state index contributed by atoms with van der Waals surface area (Å²) in [5.74, 6) is 1.92. The zero-order valence-corrected chi connectivity index (χ0v) is 16.8. The summed E-state index contributed by atoms with van der Waals surface area (Å²) in [6.45, 7) is 11.2. The molecule has 5 heteroatoms. The quantitative estimate of drug-likeness (QED) is 0.718. The third kappa shape index (κ3) is 5.91. The van der Waals surface area contributed by atoms with Gasteiger partial charge in [-0.05, 0) is 75.6 Å². The van der Waals surface area contributed by atoms with Crippen LogP contribution in [-0.2, 0) is 11.3 Å². The summed E-state index contributed by atoms with van der Waals surface area (Å²) >= 11 is 0. The Morgan fingerprint density at radius 3 is 2.33 bits per heavy atom. The van der Waals surface area contributed by atoms with Gasteiger partial charge in [-0.2, -0.15) is 0 Å². The van der Waals surface area contributed by atoms with Crippen LogP contribution in [0.3, 0.4) is 0 Å². The number of amides is 1. The number of aryl methyl sites for hydroxylation is 2. The normalized spacial score (nSPS) is 11.6. The lowest BCUT2D eigenvalue weighted by Gasteiger charge is -2.16. The van der Waals surface area contributed by atoms with Crippen LogP contribution in [0, 0.1) is 13.8 Å². The first-order valence-corrected chi connectivity index (χ1v) is 9.34. The summed E-state index contributed by atoms with van der Waals surface area (Å²) in [6.07, 6.45) is -0.582. The van der Waals surface area contributed by atoms with E-state index in [9.17, 15) is 4.79 Å². The van der Waals surface area contributed by atoms with Gasteiger partial charge in [0, 0.05) is 6.54 Å². The minimum atomic E-state index is -0.582. The Kier molecular flexibility index (Phi) is 7.53. The summed E-state index contributed by atoms with van der Waals surface area (Å²) in [5.41, 5.74) is 3.27. The molecule has 0 aromatic heterocycles. The Hall–Kier alpha value is -2.69. The van der Waals surface area contributed by atoms with Crippen LogP contribution in [-0.4, -0.2) is 25.2 Å². The van der Waals surface area contributed by atoms with Gasteiger partial charge in [-0.15, -0.1) is 0 Å². The van der Waals surface area contributed by atoms with Crippen LogP contribution in [0.2, 0.25) is 0 Å². The summed E-state index contributed by atoms with van der Waals surface area (Å²) < 4.78 is 16.9. The number of nitrogens with one attached hydrogen (secondary N) is 1. The lowest BCUT2D eigenvalue weighted by Crippen LogP contribution is -2.35. The predicted octanol–water partition coefficient (Wildman–Crippen LogP) is 4.18. The molecule has 146 valence electrons. The molecule has 1 amide bonds. The molecule has 0 heterocycles. The number of hydrogen-bond acceptors (Lipinski definition) is 4. The Morgan fingerprint density at radius 1 is 0.963 bits per heavy atom. The van der Waals surface area contributed by atoms with Crippen molar-refractivity contribution in [3.63, 3.8) is 0 Å². The van der Waals surface area contributed by atoms with Gasteiger partial charge in [0.15, 0.2) is 17.6 Å². The lowest BCUT2D eigenvalue weighted by molar-refractivity contribution is -0.127. The maximum Gasteiger partial charge on any atom is 0.261 e. The van der Waals surface area contributed by atoms with E-state index in [0.29, 0.717) is 37.0 Å². The van der Waals surface area contributed by atoms with Crippen LogP contribution in [0.4, 0.5) is 0 Å². The van der Waals surface area contributed by atoms with E-state index in [4.69, 9.17) is 14.2 Å². The van der Waals surface area contributed by atoms with E-state index in [1.807, 2.05) is 64.1 Å². The second-order valence-electron chi connectivity index (χ2n) is 6.37. The third-order valence-electron chi connectivity index (χ3n) is 4.24. The van der Waals surface area contributed by atoms with Crippen LogP contribution in [0.1, 0.15) is 37.5 Å². The molecule has 0 aliphatic carbocycles. The van der Waals surface area contributed by atoms with Crippen molar-refractivity contribution in [3.05, 3.63) is 53.1 Å². The minimum absolute atomic E-state index is 0.167. The summed E-state index contributed by atoms with van der Waals surface area (Å²) in [4.78, 5) is 12.4. The highest BCUT2D eigenvalue weighted by Gasteiger charge is 2.15. The van der Waals surface area contributed by atoms with Crippen molar-refractivity contribution in [2.45, 2.75) is 47.3 Å². The number of rotatable bonds is 9. The first-order chi connectivity index (χ1) is 12.9. The molecule has 0 unspecified atom stereocenters. The van der Waals surface area contributed by atoms with E-state index < -0.39 is 6.10 Å². The molecular formula is C22H29NO4. The summed E-state index contributed by atoms with van der Waals surface area (Å²) in [6, 6.07) is 11.5. The molecule has 0 aliphatic rings. The molecule has 2 aromatic carbocycles. The van der Waals surface area contributed by atoms with Crippen LogP contribution in [0.15, 0.2) is 36.4 Å². The van der Waals surface area contributed by atoms with Crippen LogP contribution < -0.4 is 19.5 Å². The van der Waals surface area contributed by atoms with E-state index in [0.717, 1.165) is 11.1 Å². The van der Waals surface area contributed by atoms with Crippen molar-refractivity contribution in [1.82, 2.24) is 5.32 Å². The van der Waals surface area contributed by atoms with Crippen molar-refractivity contribution >= 4 is 5.91 Å². The van der Waals surface area contributed by atoms with E-state index in [-0.39, 0.29) is 5.91 Å². The Bertz CT molecular complexity index is 773. The molecule has 0 spiro atoms. The SMILES string of the molecule is CCOc1ccc(CNC(=O)[C@@H](C)Oc2ccc(C)c(C)c2)cc1OCC. The molecule has 2 aromatic rings. The van der Waals surface area contributed by atoms with Crippen LogP contribution in [0.25, 0.3) is 0 Å². The smallest absolute Gasteiger partial charge is 0.261 e. The van der Waals surface area contributed by atoms with Gasteiger partial charge < -0.3 is 19.5 Å². The lowest BCUT2D eigenvalue weighted by atomic mass is 10.1. The highest BCUT2D eigenvalue weighted by molar-refractivity contribution is 5.80. The van der Waals surface area contributed by atoms with E-state index in [2.05, 4.69) is 5.32 Å². The maximum absolute atomic E-state index is 12.4. The number of carbonyl (C=O) groups is 1. The Labute approximate surface area is 161 Å². The Balaban J connectivity index is 1.95. The third-order valence-corrected chi connectivity index (χ3v) is 4.24. The first kappa shape index (κ1) is 20.6. The average molecular weight is 371 g/mol. The Morgan fingerprint density at radius 2 is 1.67 bits per heavy atom. The molecule has 5 nitrogen and oxygen atoms in total. The number of ether oxygens (including phenoxy) is 3. The number of benzene rings is 2. The van der Waals surface area contributed by atoms with Crippen molar-refractivity contribution in [1.29, 1.82) is 0 Å². The summed E-state index contributed by atoms with van der Waals surface area (Å²) in [5, 5.41) is 2.91. The molecule has 0 aliphatic heterocycles. The molecular weight excluding hydrogens is 342 g/mol. The monoisotopic (exact) mass is 371 g/mol. The largest absolute Gasteiger partial charge is 0.490 e. The van der Waals surface area contributed by atoms with Crippen molar-refractivity contribution in [2.75, 3.05) is 13.2 Å². The van der Waals surface area contributed by atoms with Gasteiger partial charge in [-0.3, -0.25) is 4.79 Å². The fourth-order valence-corrected chi connectivity index (χ4v) is 2.58. The maximum atomic E-state index is 12.4. The van der Waals surface area contributed by atoms with Gasteiger partial charge in [0.1, 0.15) is 5.75 Å². The van der Waals surface area contributed by atoms with Crippen LogP contribution in [0.5, 0.6) is 17.2 Å². The average Bonchev–Trinajstić information content (AvgIpc) is 2.65. The molecule has 1 atom stereocenters. The molecule has 0 saturated heterocycles. The van der Waals surface area contributed by atoms with Crippen molar-refractivity contribution in [2.24, 2.45) is 0 Å². The fraction of sp³-hybridized carbons (Fsp3) is 0.409. The van der Waals surface area contributed by atoms with Crippen molar-refractivity contribution in [3.8, 4) is 17.2 Å². The number of carbonyl (C=O) groups excluding carboxylic acids is 1. The van der Waals surface area contributed by atoms with Gasteiger partial charge in [-0.1, -0.05) is 12.1 Å². The predicted molar refractivity (Wildman–Crippen MR) is 107 cm³/mol. The molecule has 0 saturated carbocycles. The van der Waals surface area contributed by atoms with Gasteiger partial charge in [0.2, 0.25) is 0 Å². The first-order valence-electron chi connectivity index (χ1n) is 9.34. The molecule has 2 rings (SSSR count). The second-order valence-corrected chi connectivity index (χ2v) is 6.37. The highest BCUT2D eigenvalue weighted by Crippen LogP contribution is 2.28. The standard InChI is InChI=1S/C22H29NO4/c1-6-25-20-11-9-18(13-21(20)26-7-2)14-23-22(24)17(5)27-19-10-8-15(3)16(4)12-19/h8-13,17H,6-7,14H2,1-5H3,(H,23,24)/t17-/m1/s1. The van der Waals surface area contributed by atoms with E-state index in [1.165, 1.54) is 5.56 Å². The molecule has 27 heavy (non-hydrogen) atoms. The van der Waals surface area contributed by atoms with Gasteiger partial charge in [0.25, 0.3) is 5.91 Å². The van der Waals surface area contributed by atoms with E-state index >= 15 is 0 Å². The molecule has 0 bridgehead atoms. The zero-order valence-electron chi connectivity index (χ0n) is 16.8. The molecule has 1 N–H and O–H groups in total. The number of hydrogen-bond donors (Lipinski definition) is 1. The molecule has 0 radical (unpaired) electrons. The summed E-state index contributed by atoms with van der Waals surface area (Å²) in [7, 11) is 0. The highest BCUT2D eigenvalue weighted by atomic mass is 16.5. The van der Waals surface area contributed by atoms with Crippen LogP contribution >= 0.6 is 0 Å². The minimum Gasteiger partial charge on any atom is -0.490 e. The fourth-order valence-electron chi connectivity index (χ4n) is 2.58. The van der Waals surface area contributed by atoms with Gasteiger partial charge >= 0.3 is 0 Å². The van der Waals surface area contributed by atoms with E-state index in [1.54, 1.807) is 6.92 Å². The van der Waals surface area contributed by atoms with Gasteiger partial charge in [0.05, 0.1) is 13.2 Å². The zero-order chi connectivity index (χ0) is 19.8. The van der Waals surface area contributed by atoms with Gasteiger partial charge in [-0.25, -0.2) is 0 Å². The molecule has 0 fully saturated rings. The van der Waals surface area contributed by atoms with Crippen molar-refractivity contribution < 1.29 is 19.0 Å². The topological polar surface area (TPSA) is 56.8 Å². The second kappa shape index (κ2) is 9.86.